The van der Waals surface area contributed by atoms with Gasteiger partial charge in [-0.2, -0.15) is 0 Å². The molecule has 2 aromatic carbocycles. The Labute approximate surface area is 118 Å². The fourth-order valence-electron chi connectivity index (χ4n) is 3.12. The Morgan fingerprint density at radius 3 is 2.85 bits per heavy atom. The lowest BCUT2D eigenvalue weighted by atomic mass is 9.93. The molecular formula is C18H17NO. The second-order valence-electron chi connectivity index (χ2n) is 5.45. The maximum Gasteiger partial charge on any atom is 0.109 e. The number of aryl methyl sites for hydroxylation is 1. The molecule has 100 valence electrons. The van der Waals surface area contributed by atoms with Crippen LogP contribution in [0.15, 0.2) is 59.2 Å². The van der Waals surface area contributed by atoms with Gasteiger partial charge in [-0.25, -0.2) is 0 Å². The molecule has 0 saturated carbocycles. The van der Waals surface area contributed by atoms with Crippen LogP contribution in [0.25, 0.3) is 10.8 Å². The van der Waals surface area contributed by atoms with Gasteiger partial charge in [0.1, 0.15) is 5.76 Å². The van der Waals surface area contributed by atoms with Crippen LogP contribution in [0.1, 0.15) is 30.2 Å². The van der Waals surface area contributed by atoms with Crippen LogP contribution in [0.2, 0.25) is 0 Å². The first-order valence-electron chi connectivity index (χ1n) is 7.22. The van der Waals surface area contributed by atoms with Crippen LogP contribution in [0.3, 0.4) is 0 Å². The van der Waals surface area contributed by atoms with Gasteiger partial charge in [-0.3, -0.25) is 0 Å². The smallest absolute Gasteiger partial charge is 0.109 e. The van der Waals surface area contributed by atoms with E-state index in [-0.39, 0.29) is 0 Å². The van der Waals surface area contributed by atoms with Crippen molar-refractivity contribution in [3.63, 3.8) is 0 Å². The van der Waals surface area contributed by atoms with Gasteiger partial charge in [0.05, 0.1) is 12.3 Å². The van der Waals surface area contributed by atoms with Gasteiger partial charge in [-0.1, -0.05) is 30.3 Å². The summed E-state index contributed by atoms with van der Waals surface area (Å²) in [6.07, 6.45) is 5.23. The zero-order valence-corrected chi connectivity index (χ0v) is 11.3. The SMILES string of the molecule is c1ccc2cc(NC3CCCc4occc43)ccc2c1. The van der Waals surface area contributed by atoms with Crippen LogP contribution in [-0.4, -0.2) is 0 Å². The number of rotatable bonds is 2. The largest absolute Gasteiger partial charge is 0.469 e. The van der Waals surface area contributed by atoms with E-state index < -0.39 is 0 Å². The topological polar surface area (TPSA) is 25.2 Å². The van der Waals surface area contributed by atoms with E-state index in [0.717, 1.165) is 12.2 Å². The number of fused-ring (bicyclic) bond motifs is 2. The van der Waals surface area contributed by atoms with Crippen molar-refractivity contribution in [1.82, 2.24) is 0 Å². The molecule has 1 N–H and O–H groups in total. The van der Waals surface area contributed by atoms with E-state index in [4.69, 9.17) is 4.42 Å². The summed E-state index contributed by atoms with van der Waals surface area (Å²) in [4.78, 5) is 0. The highest BCUT2D eigenvalue weighted by Gasteiger charge is 2.22. The lowest BCUT2D eigenvalue weighted by Crippen LogP contribution is -2.15. The van der Waals surface area contributed by atoms with Crippen molar-refractivity contribution in [1.29, 1.82) is 0 Å². The molecule has 0 radical (unpaired) electrons. The van der Waals surface area contributed by atoms with Crippen molar-refractivity contribution in [2.75, 3.05) is 5.32 Å². The van der Waals surface area contributed by atoms with Gasteiger partial charge in [-0.15, -0.1) is 0 Å². The number of nitrogens with one attached hydrogen (secondary N) is 1. The average Bonchev–Trinajstić information content (AvgIpc) is 2.97. The van der Waals surface area contributed by atoms with Crippen LogP contribution >= 0.6 is 0 Å². The number of benzene rings is 2. The standard InChI is InChI=1S/C18H17NO/c1-2-5-14-12-15(9-8-13(14)4-1)19-17-6-3-7-18-16(17)10-11-20-18/h1-2,4-5,8-12,17,19H,3,6-7H2. The van der Waals surface area contributed by atoms with Crippen LogP contribution in [0, 0.1) is 0 Å². The summed E-state index contributed by atoms with van der Waals surface area (Å²) in [7, 11) is 0. The Morgan fingerprint density at radius 2 is 1.90 bits per heavy atom. The van der Waals surface area contributed by atoms with Gasteiger partial charge < -0.3 is 9.73 Å². The molecule has 4 rings (SSSR count). The van der Waals surface area contributed by atoms with Gasteiger partial charge in [0.15, 0.2) is 0 Å². The second-order valence-corrected chi connectivity index (χ2v) is 5.45. The summed E-state index contributed by atoms with van der Waals surface area (Å²) in [5, 5.41) is 6.22. The van der Waals surface area contributed by atoms with Gasteiger partial charge >= 0.3 is 0 Å². The van der Waals surface area contributed by atoms with Crippen LogP contribution in [0.5, 0.6) is 0 Å². The molecule has 2 heteroatoms. The summed E-state index contributed by atoms with van der Waals surface area (Å²) in [6.45, 7) is 0. The van der Waals surface area contributed by atoms with Crippen molar-refractivity contribution in [3.8, 4) is 0 Å². The van der Waals surface area contributed by atoms with Crippen molar-refractivity contribution >= 4 is 16.5 Å². The quantitative estimate of drug-likeness (QED) is 0.709. The molecule has 0 saturated heterocycles. The number of hydrogen-bond acceptors (Lipinski definition) is 2. The number of hydrogen-bond donors (Lipinski definition) is 1. The van der Waals surface area contributed by atoms with Gasteiger partial charge in [0, 0.05) is 17.7 Å². The molecule has 1 aliphatic carbocycles. The summed E-state index contributed by atoms with van der Waals surface area (Å²) in [5.41, 5.74) is 2.51. The summed E-state index contributed by atoms with van der Waals surface area (Å²) >= 11 is 0. The third kappa shape index (κ3) is 1.97. The highest BCUT2D eigenvalue weighted by molar-refractivity contribution is 5.85. The first-order valence-corrected chi connectivity index (χ1v) is 7.22. The van der Waals surface area contributed by atoms with E-state index in [1.165, 1.54) is 34.9 Å². The molecule has 1 unspecified atom stereocenters. The Balaban J connectivity index is 1.65. The molecule has 0 bridgehead atoms. The Hall–Kier alpha value is -2.22. The van der Waals surface area contributed by atoms with E-state index in [1.54, 1.807) is 0 Å². The highest BCUT2D eigenvalue weighted by Crippen LogP contribution is 2.33. The fourth-order valence-corrected chi connectivity index (χ4v) is 3.12. The third-order valence-corrected chi connectivity index (χ3v) is 4.14. The minimum atomic E-state index is 0.374. The molecular weight excluding hydrogens is 246 g/mol. The molecule has 1 atom stereocenters. The lowest BCUT2D eigenvalue weighted by Gasteiger charge is -2.24. The normalized spacial score (nSPS) is 17.9. The maximum absolute atomic E-state index is 5.55. The molecule has 3 aromatic rings. The van der Waals surface area contributed by atoms with Crippen molar-refractivity contribution in [2.45, 2.75) is 25.3 Å². The van der Waals surface area contributed by atoms with E-state index in [1.807, 2.05) is 6.26 Å². The van der Waals surface area contributed by atoms with Crippen molar-refractivity contribution in [2.24, 2.45) is 0 Å². The molecule has 0 amide bonds. The highest BCUT2D eigenvalue weighted by atomic mass is 16.3. The zero-order chi connectivity index (χ0) is 13.4. The van der Waals surface area contributed by atoms with E-state index in [2.05, 4.69) is 53.8 Å². The molecule has 20 heavy (non-hydrogen) atoms. The number of anilines is 1. The van der Waals surface area contributed by atoms with Gasteiger partial charge in [-0.05, 0) is 41.8 Å². The first kappa shape index (κ1) is 11.6. The monoisotopic (exact) mass is 263 g/mol. The predicted molar refractivity (Wildman–Crippen MR) is 82.0 cm³/mol. The molecule has 0 aliphatic heterocycles. The third-order valence-electron chi connectivity index (χ3n) is 4.14. The Bertz CT molecular complexity index is 744. The van der Waals surface area contributed by atoms with Crippen LogP contribution in [0.4, 0.5) is 5.69 Å². The zero-order valence-electron chi connectivity index (χ0n) is 11.3. The van der Waals surface area contributed by atoms with Gasteiger partial charge in [0.25, 0.3) is 0 Å². The maximum atomic E-state index is 5.55. The lowest BCUT2D eigenvalue weighted by molar-refractivity contribution is 0.461. The minimum absolute atomic E-state index is 0.374. The van der Waals surface area contributed by atoms with E-state index in [9.17, 15) is 0 Å². The Kier molecular flexibility index (Phi) is 2.73. The minimum Gasteiger partial charge on any atom is -0.469 e. The molecule has 2 nitrogen and oxygen atoms in total. The molecule has 0 spiro atoms. The molecule has 0 fully saturated rings. The molecule has 1 heterocycles. The second kappa shape index (κ2) is 4.71. The van der Waals surface area contributed by atoms with E-state index in [0.29, 0.717) is 6.04 Å². The van der Waals surface area contributed by atoms with Crippen molar-refractivity contribution < 1.29 is 4.42 Å². The van der Waals surface area contributed by atoms with Crippen LogP contribution in [-0.2, 0) is 6.42 Å². The first-order chi connectivity index (χ1) is 9.90. The average molecular weight is 263 g/mol. The summed E-state index contributed by atoms with van der Waals surface area (Å²) in [5.74, 6) is 1.15. The van der Waals surface area contributed by atoms with Crippen LogP contribution < -0.4 is 5.32 Å². The fraction of sp³-hybridized carbons (Fsp3) is 0.222. The summed E-state index contributed by atoms with van der Waals surface area (Å²) in [6, 6.07) is 17.5. The Morgan fingerprint density at radius 1 is 1.00 bits per heavy atom. The molecule has 1 aliphatic rings. The van der Waals surface area contributed by atoms with E-state index >= 15 is 0 Å². The summed E-state index contributed by atoms with van der Waals surface area (Å²) < 4.78 is 5.55. The van der Waals surface area contributed by atoms with Crippen molar-refractivity contribution in [3.05, 3.63) is 66.1 Å². The number of furan rings is 1. The predicted octanol–water partition coefficient (Wildman–Crippen LogP) is 4.92. The molecule has 1 aromatic heterocycles. The van der Waals surface area contributed by atoms with Gasteiger partial charge in [0.2, 0.25) is 0 Å².